The largest absolute Gasteiger partial charge is 0.417 e. The summed E-state index contributed by atoms with van der Waals surface area (Å²) in [7, 11) is 1.36. The lowest BCUT2D eigenvalue weighted by atomic mass is 10.1. The standard InChI is InChI=1S/C24H20F4N4O2S/c1-30-22(34)18-10-9-16(13-20(18)25)31-11-5-3-2-4-6-21(33)32(23(31)35)17-8-7-15(14-29)19(12-17)24(26,27)28/h3,5,7-10,12-13H,2,4,6,11H2,1H3,(H,30,34)/b5-3-. The highest BCUT2D eigenvalue weighted by Crippen LogP contribution is 2.35. The summed E-state index contributed by atoms with van der Waals surface area (Å²) in [4.78, 5) is 27.3. The third-order valence-corrected chi connectivity index (χ3v) is 5.71. The fourth-order valence-corrected chi connectivity index (χ4v) is 3.94. The summed E-state index contributed by atoms with van der Waals surface area (Å²) >= 11 is 5.54. The predicted molar refractivity (Wildman–Crippen MR) is 126 cm³/mol. The van der Waals surface area contributed by atoms with Gasteiger partial charge < -0.3 is 10.2 Å². The maximum atomic E-state index is 14.7. The Morgan fingerprint density at radius 1 is 1.14 bits per heavy atom. The van der Waals surface area contributed by atoms with Gasteiger partial charge in [-0.2, -0.15) is 18.4 Å². The summed E-state index contributed by atoms with van der Waals surface area (Å²) < 4.78 is 55.4. The first kappa shape index (κ1) is 25.8. The van der Waals surface area contributed by atoms with Crippen molar-refractivity contribution >= 4 is 40.5 Å². The molecule has 0 saturated carbocycles. The molecule has 3 rings (SSSR count). The second-order valence-electron chi connectivity index (χ2n) is 7.57. The van der Waals surface area contributed by atoms with E-state index in [0.717, 1.165) is 17.0 Å². The lowest BCUT2D eigenvalue weighted by molar-refractivity contribution is -0.137. The maximum Gasteiger partial charge on any atom is 0.417 e. The Labute approximate surface area is 204 Å². The van der Waals surface area contributed by atoms with E-state index in [1.165, 1.54) is 36.2 Å². The maximum absolute atomic E-state index is 14.7. The molecule has 0 fully saturated rings. The Hall–Kier alpha value is -3.78. The zero-order chi connectivity index (χ0) is 25.8. The van der Waals surface area contributed by atoms with E-state index in [1.54, 1.807) is 6.08 Å². The molecule has 6 nitrogen and oxygen atoms in total. The van der Waals surface area contributed by atoms with Gasteiger partial charge in [-0.1, -0.05) is 12.2 Å². The average molecular weight is 505 g/mol. The Morgan fingerprint density at radius 2 is 1.86 bits per heavy atom. The number of carbonyl (C=O) groups is 2. The van der Waals surface area contributed by atoms with Crippen molar-refractivity contribution in [3.05, 3.63) is 71.1 Å². The second-order valence-corrected chi connectivity index (χ2v) is 7.93. The van der Waals surface area contributed by atoms with Crippen LogP contribution >= 0.6 is 12.2 Å². The molecule has 0 spiro atoms. The normalized spacial score (nSPS) is 16.0. The summed E-state index contributed by atoms with van der Waals surface area (Å²) in [5.74, 6) is -2.01. The molecule has 182 valence electrons. The van der Waals surface area contributed by atoms with Crippen LogP contribution in [0.25, 0.3) is 0 Å². The van der Waals surface area contributed by atoms with Gasteiger partial charge in [0.15, 0.2) is 5.11 Å². The van der Waals surface area contributed by atoms with Crippen molar-refractivity contribution in [1.29, 1.82) is 5.26 Å². The number of amides is 2. The lowest BCUT2D eigenvalue weighted by Crippen LogP contribution is -2.47. The molecular formula is C24H20F4N4O2S. The monoisotopic (exact) mass is 504 g/mol. The van der Waals surface area contributed by atoms with E-state index in [-0.39, 0.29) is 35.0 Å². The van der Waals surface area contributed by atoms with Gasteiger partial charge in [0.2, 0.25) is 5.91 Å². The number of thiocarbonyl (C=S) groups is 1. The van der Waals surface area contributed by atoms with Crippen molar-refractivity contribution in [2.24, 2.45) is 0 Å². The molecule has 0 saturated heterocycles. The number of nitrogens with one attached hydrogen (secondary N) is 1. The molecule has 11 heteroatoms. The van der Waals surface area contributed by atoms with Gasteiger partial charge in [-0.05, 0) is 61.5 Å². The fraction of sp³-hybridized carbons (Fsp3) is 0.250. The number of nitriles is 1. The molecule has 35 heavy (non-hydrogen) atoms. The number of anilines is 2. The second kappa shape index (κ2) is 10.7. The Bertz CT molecular complexity index is 1240. The first-order valence-corrected chi connectivity index (χ1v) is 10.9. The molecular weight excluding hydrogens is 484 g/mol. The van der Waals surface area contributed by atoms with E-state index in [2.05, 4.69) is 5.32 Å². The quantitative estimate of drug-likeness (QED) is 0.364. The summed E-state index contributed by atoms with van der Waals surface area (Å²) in [6, 6.07) is 8.16. The first-order chi connectivity index (χ1) is 16.6. The number of carbonyl (C=O) groups excluding carboxylic acids is 2. The van der Waals surface area contributed by atoms with Crippen molar-refractivity contribution in [2.45, 2.75) is 25.4 Å². The van der Waals surface area contributed by atoms with Crippen LogP contribution in [0, 0.1) is 17.1 Å². The lowest BCUT2D eigenvalue weighted by Gasteiger charge is -2.33. The Balaban J connectivity index is 2.12. The van der Waals surface area contributed by atoms with Gasteiger partial charge >= 0.3 is 6.18 Å². The zero-order valence-electron chi connectivity index (χ0n) is 18.5. The van der Waals surface area contributed by atoms with E-state index >= 15 is 0 Å². The highest BCUT2D eigenvalue weighted by molar-refractivity contribution is 7.81. The molecule has 1 aliphatic heterocycles. The highest BCUT2D eigenvalue weighted by Gasteiger charge is 2.35. The van der Waals surface area contributed by atoms with Gasteiger partial charge in [0.05, 0.1) is 28.4 Å². The summed E-state index contributed by atoms with van der Waals surface area (Å²) in [6.45, 7) is 0.101. The van der Waals surface area contributed by atoms with Crippen molar-refractivity contribution < 1.29 is 27.2 Å². The number of nitrogens with zero attached hydrogens (tertiary/aromatic N) is 3. The van der Waals surface area contributed by atoms with Crippen molar-refractivity contribution in [1.82, 2.24) is 5.32 Å². The van der Waals surface area contributed by atoms with E-state index in [4.69, 9.17) is 17.5 Å². The third kappa shape index (κ3) is 5.66. The van der Waals surface area contributed by atoms with Crippen LogP contribution in [-0.4, -0.2) is 30.5 Å². The van der Waals surface area contributed by atoms with Crippen LogP contribution in [0.3, 0.4) is 0 Å². The molecule has 0 unspecified atom stereocenters. The third-order valence-electron chi connectivity index (χ3n) is 5.31. The van der Waals surface area contributed by atoms with Gasteiger partial charge in [-0.25, -0.2) is 4.39 Å². The summed E-state index contributed by atoms with van der Waals surface area (Å²) in [5, 5.41) is 11.3. The molecule has 0 bridgehead atoms. The van der Waals surface area contributed by atoms with Crippen LogP contribution in [0.2, 0.25) is 0 Å². The number of rotatable bonds is 3. The number of halogens is 4. The van der Waals surface area contributed by atoms with Crippen molar-refractivity contribution in [2.75, 3.05) is 23.4 Å². The molecule has 2 aromatic carbocycles. The van der Waals surface area contributed by atoms with Gasteiger partial charge in [-0.3, -0.25) is 14.5 Å². The van der Waals surface area contributed by atoms with Gasteiger partial charge in [0, 0.05) is 25.7 Å². The van der Waals surface area contributed by atoms with Gasteiger partial charge in [0.25, 0.3) is 5.91 Å². The summed E-state index contributed by atoms with van der Waals surface area (Å²) in [5.41, 5.74) is -1.95. The van der Waals surface area contributed by atoms with Crippen LogP contribution in [0.5, 0.6) is 0 Å². The van der Waals surface area contributed by atoms with Crippen LogP contribution in [-0.2, 0) is 11.0 Å². The number of hydrogen-bond acceptors (Lipinski definition) is 4. The van der Waals surface area contributed by atoms with E-state index in [9.17, 15) is 27.2 Å². The predicted octanol–water partition coefficient (Wildman–Crippen LogP) is 4.94. The van der Waals surface area contributed by atoms with Crippen LogP contribution in [0.15, 0.2) is 48.6 Å². The van der Waals surface area contributed by atoms with Gasteiger partial charge in [0.1, 0.15) is 5.82 Å². The number of hydrogen-bond donors (Lipinski definition) is 1. The van der Waals surface area contributed by atoms with E-state index < -0.39 is 34.9 Å². The fourth-order valence-electron chi connectivity index (χ4n) is 3.55. The van der Waals surface area contributed by atoms with Crippen molar-refractivity contribution in [3.8, 4) is 6.07 Å². The average Bonchev–Trinajstić information content (AvgIpc) is 2.82. The van der Waals surface area contributed by atoms with Crippen molar-refractivity contribution in [3.63, 3.8) is 0 Å². The van der Waals surface area contributed by atoms with Crippen LogP contribution in [0.1, 0.15) is 40.7 Å². The highest BCUT2D eigenvalue weighted by atomic mass is 32.1. The van der Waals surface area contributed by atoms with Crippen LogP contribution in [0.4, 0.5) is 28.9 Å². The molecule has 0 radical (unpaired) electrons. The molecule has 1 heterocycles. The van der Waals surface area contributed by atoms with E-state index in [0.29, 0.717) is 18.9 Å². The van der Waals surface area contributed by atoms with Crippen LogP contribution < -0.4 is 15.1 Å². The minimum atomic E-state index is -4.83. The molecule has 1 aliphatic rings. The first-order valence-electron chi connectivity index (χ1n) is 10.5. The molecule has 0 aliphatic carbocycles. The minimum absolute atomic E-state index is 0.00361. The molecule has 2 aromatic rings. The Kier molecular flexibility index (Phi) is 7.86. The molecule has 2 amide bonds. The zero-order valence-corrected chi connectivity index (χ0v) is 19.3. The molecule has 0 atom stereocenters. The number of alkyl halides is 3. The summed E-state index contributed by atoms with van der Waals surface area (Å²) in [6.07, 6.45) is -0.243. The van der Waals surface area contributed by atoms with E-state index in [1.807, 2.05) is 6.08 Å². The SMILES string of the molecule is CNC(=O)c1ccc(N2C/C=C\CCCC(=O)N(c3ccc(C#N)c(C(F)(F)F)c3)C2=S)cc1F. The molecule has 0 aromatic heterocycles. The number of allylic oxidation sites excluding steroid dienone is 1. The molecule has 1 N–H and O–H groups in total. The smallest absolute Gasteiger partial charge is 0.355 e. The number of benzene rings is 2. The topological polar surface area (TPSA) is 76.4 Å². The Morgan fingerprint density at radius 3 is 2.49 bits per heavy atom. The minimum Gasteiger partial charge on any atom is -0.355 e. The van der Waals surface area contributed by atoms with Gasteiger partial charge in [-0.15, -0.1) is 0 Å².